The minimum Gasteiger partial charge on any atom is -0.344 e. The van der Waals surface area contributed by atoms with Crippen LogP contribution in [-0.4, -0.2) is 16.2 Å². The molecular weight excluding hydrogens is 681 g/mol. The monoisotopic (exact) mass is 716 g/mol. The highest BCUT2D eigenvalue weighted by Gasteiger charge is 2.46. The zero-order valence-corrected chi connectivity index (χ0v) is 30.5. The van der Waals surface area contributed by atoms with Gasteiger partial charge in [-0.25, -0.2) is 9.98 Å². The van der Waals surface area contributed by atoms with E-state index in [1.165, 1.54) is 44.2 Å². The first kappa shape index (κ1) is 32.2. The van der Waals surface area contributed by atoms with Crippen LogP contribution >= 0.6 is 0 Å². The highest BCUT2D eigenvalue weighted by molar-refractivity contribution is 6.14. The molecule has 9 aromatic rings. The second-order valence-corrected chi connectivity index (χ2v) is 14.6. The molecule has 0 radical (unpaired) electrons. The fraction of sp³-hybridized carbons (Fsp3) is 0.0385. The molecule has 0 saturated carbocycles. The summed E-state index contributed by atoms with van der Waals surface area (Å²) in [6.07, 6.45) is -0.274. The van der Waals surface area contributed by atoms with Gasteiger partial charge < -0.3 is 9.88 Å². The summed E-state index contributed by atoms with van der Waals surface area (Å²) in [6, 6.07) is 74.1. The van der Waals surface area contributed by atoms with E-state index < -0.39 is 5.41 Å². The number of amidine groups is 2. The number of aromatic nitrogens is 1. The van der Waals surface area contributed by atoms with Crippen LogP contribution in [-0.2, 0) is 5.41 Å². The fourth-order valence-electron chi connectivity index (χ4n) is 9.09. The van der Waals surface area contributed by atoms with Crippen LogP contribution in [0.1, 0.15) is 45.1 Å². The summed E-state index contributed by atoms with van der Waals surface area (Å²) in [5.74, 6) is 1.50. The molecule has 2 heterocycles. The third-order valence-corrected chi connectivity index (χ3v) is 11.5. The summed E-state index contributed by atoms with van der Waals surface area (Å²) in [4.78, 5) is 10.4. The summed E-state index contributed by atoms with van der Waals surface area (Å²) in [5, 5.41) is 6.05. The first-order chi connectivity index (χ1) is 27.8. The molecule has 8 aromatic carbocycles. The standard InChI is InChI=1S/C52H36N4/c1-5-18-35(19-6-1)49-53-50(36-20-7-2-8-21-36)55-51(54-49)37-22-17-27-40(32-37)56-47-31-16-14-29-42(47)44-33-43-41-28-13-15-30-45(41)52(46(43)34-48(44)56,38-23-9-3-10-24-38)39-25-11-4-12-26-39/h1-34,49H,(H,53,54,55). The SMILES string of the molecule is c1ccc(C2=NC(c3cccc(-n4c5ccccc5c5cc6c(cc54)C(c4ccccc4)(c4ccccc4)c4ccccc4-6)c3)=NC(c3ccccc3)N2)cc1. The van der Waals surface area contributed by atoms with Gasteiger partial charge in [-0.15, -0.1) is 0 Å². The van der Waals surface area contributed by atoms with Crippen molar-refractivity contribution in [3.8, 4) is 16.8 Å². The van der Waals surface area contributed by atoms with Gasteiger partial charge in [-0.05, 0) is 69.3 Å². The molecule has 1 aliphatic heterocycles. The molecule has 0 saturated heterocycles. The topological polar surface area (TPSA) is 41.7 Å². The van der Waals surface area contributed by atoms with E-state index in [0.717, 1.165) is 39.2 Å². The van der Waals surface area contributed by atoms with Gasteiger partial charge in [0.1, 0.15) is 12.0 Å². The van der Waals surface area contributed by atoms with E-state index in [4.69, 9.17) is 9.98 Å². The van der Waals surface area contributed by atoms with Crippen LogP contribution in [0.3, 0.4) is 0 Å². The summed E-state index contributed by atoms with van der Waals surface area (Å²) in [7, 11) is 0. The van der Waals surface area contributed by atoms with E-state index in [9.17, 15) is 0 Å². The molecule has 0 bridgehead atoms. The average Bonchev–Trinajstić information content (AvgIpc) is 3.76. The number of para-hydroxylation sites is 1. The number of hydrogen-bond acceptors (Lipinski definition) is 3. The van der Waals surface area contributed by atoms with E-state index >= 15 is 0 Å². The van der Waals surface area contributed by atoms with Gasteiger partial charge in [0.25, 0.3) is 0 Å². The minimum absolute atomic E-state index is 0.274. The summed E-state index contributed by atoms with van der Waals surface area (Å²) in [5.41, 5.74) is 13.6. The Morgan fingerprint density at radius 1 is 0.464 bits per heavy atom. The number of nitrogens with one attached hydrogen (secondary N) is 1. The molecule has 0 fully saturated rings. The fourth-order valence-corrected chi connectivity index (χ4v) is 9.09. The summed E-state index contributed by atoms with van der Waals surface area (Å²) >= 11 is 0. The van der Waals surface area contributed by atoms with Crippen molar-refractivity contribution in [2.45, 2.75) is 11.6 Å². The Kier molecular flexibility index (Phi) is 7.42. The van der Waals surface area contributed by atoms with Gasteiger partial charge in [-0.2, -0.15) is 0 Å². The second-order valence-electron chi connectivity index (χ2n) is 14.6. The van der Waals surface area contributed by atoms with Crippen molar-refractivity contribution in [1.82, 2.24) is 9.88 Å². The molecule has 11 rings (SSSR count). The maximum absolute atomic E-state index is 5.21. The van der Waals surface area contributed by atoms with Crippen molar-refractivity contribution in [2.75, 3.05) is 0 Å². The molecule has 0 spiro atoms. The molecule has 4 nitrogen and oxygen atoms in total. The molecule has 56 heavy (non-hydrogen) atoms. The number of fused-ring (bicyclic) bond motifs is 6. The van der Waals surface area contributed by atoms with Gasteiger partial charge in [-0.3, -0.25) is 0 Å². The third-order valence-electron chi connectivity index (χ3n) is 11.5. The zero-order chi connectivity index (χ0) is 37.1. The first-order valence-electron chi connectivity index (χ1n) is 19.2. The molecule has 1 unspecified atom stereocenters. The number of nitrogens with zero attached hydrogens (tertiary/aromatic N) is 3. The van der Waals surface area contributed by atoms with Crippen LogP contribution in [0.25, 0.3) is 38.6 Å². The van der Waals surface area contributed by atoms with Crippen LogP contribution < -0.4 is 5.32 Å². The lowest BCUT2D eigenvalue weighted by Gasteiger charge is -2.34. The number of aliphatic imine (C=N–C) groups is 2. The normalized spacial score (nSPS) is 15.5. The maximum atomic E-state index is 5.21. The third kappa shape index (κ3) is 4.93. The van der Waals surface area contributed by atoms with Crippen molar-refractivity contribution in [1.29, 1.82) is 0 Å². The summed E-state index contributed by atoms with van der Waals surface area (Å²) in [6.45, 7) is 0. The van der Waals surface area contributed by atoms with Crippen molar-refractivity contribution in [3.63, 3.8) is 0 Å². The predicted octanol–water partition coefficient (Wildman–Crippen LogP) is 11.6. The quantitative estimate of drug-likeness (QED) is 0.183. The number of benzene rings is 8. The molecular formula is C52H36N4. The Morgan fingerprint density at radius 3 is 1.84 bits per heavy atom. The number of rotatable bonds is 6. The van der Waals surface area contributed by atoms with Gasteiger partial charge in [-0.1, -0.05) is 176 Å². The lowest BCUT2D eigenvalue weighted by Crippen LogP contribution is -2.33. The molecule has 1 aromatic heterocycles. The van der Waals surface area contributed by atoms with Crippen molar-refractivity contribution < 1.29 is 0 Å². The summed E-state index contributed by atoms with van der Waals surface area (Å²) < 4.78 is 2.43. The predicted molar refractivity (Wildman–Crippen MR) is 230 cm³/mol. The molecule has 0 amide bonds. The lowest BCUT2D eigenvalue weighted by atomic mass is 9.67. The highest BCUT2D eigenvalue weighted by atomic mass is 15.2. The molecule has 1 N–H and O–H groups in total. The van der Waals surface area contributed by atoms with Crippen LogP contribution in [0.4, 0.5) is 0 Å². The van der Waals surface area contributed by atoms with E-state index in [-0.39, 0.29) is 6.17 Å². The van der Waals surface area contributed by atoms with Crippen molar-refractivity contribution >= 4 is 33.5 Å². The van der Waals surface area contributed by atoms with Crippen LogP contribution in [0.5, 0.6) is 0 Å². The Labute approximate surface area is 325 Å². The highest BCUT2D eigenvalue weighted by Crippen LogP contribution is 2.57. The van der Waals surface area contributed by atoms with Gasteiger partial charge in [0, 0.05) is 27.6 Å². The molecule has 4 heteroatoms. The Morgan fingerprint density at radius 2 is 1.09 bits per heavy atom. The Balaban J connectivity index is 1.15. The van der Waals surface area contributed by atoms with Gasteiger partial charge in [0.15, 0.2) is 5.84 Å². The first-order valence-corrected chi connectivity index (χ1v) is 19.2. The average molecular weight is 717 g/mol. The molecule has 264 valence electrons. The Hall–Kier alpha value is -7.30. The number of hydrogen-bond donors (Lipinski definition) is 1. The maximum Gasteiger partial charge on any atom is 0.159 e. The van der Waals surface area contributed by atoms with Gasteiger partial charge in [0.2, 0.25) is 0 Å². The second kappa shape index (κ2) is 12.9. The lowest BCUT2D eigenvalue weighted by molar-refractivity contribution is 0.674. The van der Waals surface area contributed by atoms with E-state index in [2.05, 4.69) is 192 Å². The van der Waals surface area contributed by atoms with E-state index in [1.807, 2.05) is 24.3 Å². The van der Waals surface area contributed by atoms with Crippen LogP contribution in [0.15, 0.2) is 216 Å². The molecule has 2 aliphatic rings. The Bertz CT molecular complexity index is 2940. The van der Waals surface area contributed by atoms with Crippen molar-refractivity contribution in [2.24, 2.45) is 9.98 Å². The van der Waals surface area contributed by atoms with Gasteiger partial charge >= 0.3 is 0 Å². The largest absolute Gasteiger partial charge is 0.344 e. The van der Waals surface area contributed by atoms with Crippen LogP contribution in [0, 0.1) is 0 Å². The van der Waals surface area contributed by atoms with E-state index in [0.29, 0.717) is 5.84 Å². The molecule has 1 atom stereocenters. The van der Waals surface area contributed by atoms with Gasteiger partial charge in [0.05, 0.1) is 16.4 Å². The van der Waals surface area contributed by atoms with Crippen molar-refractivity contribution in [3.05, 3.63) is 245 Å². The van der Waals surface area contributed by atoms with Crippen LogP contribution in [0.2, 0.25) is 0 Å². The smallest absolute Gasteiger partial charge is 0.159 e. The zero-order valence-electron chi connectivity index (χ0n) is 30.5. The molecule has 1 aliphatic carbocycles. The minimum atomic E-state index is -0.495. The van der Waals surface area contributed by atoms with E-state index in [1.54, 1.807) is 0 Å².